The minimum absolute atomic E-state index is 0.662. The van der Waals surface area contributed by atoms with E-state index >= 15 is 0 Å². The molecule has 2 heterocycles. The van der Waals surface area contributed by atoms with Crippen molar-refractivity contribution >= 4 is 34.6 Å². The molecule has 0 saturated carbocycles. The van der Waals surface area contributed by atoms with Crippen LogP contribution in [-0.2, 0) is 0 Å². The van der Waals surface area contributed by atoms with Crippen LogP contribution in [0.4, 0.5) is 17.3 Å². The molecular weight excluding hydrogens is 286 g/mol. The fraction of sp³-hybridized carbons (Fsp3) is 0.200. The minimum Gasteiger partial charge on any atom is -0.369 e. The number of benzene rings is 1. The average molecular weight is 302 g/mol. The first-order valence-electron chi connectivity index (χ1n) is 6.78. The lowest BCUT2D eigenvalue weighted by Gasteiger charge is -2.11. The lowest BCUT2D eigenvalue weighted by atomic mass is 10.2. The van der Waals surface area contributed by atoms with Gasteiger partial charge in [0.15, 0.2) is 11.5 Å². The van der Waals surface area contributed by atoms with E-state index in [1.807, 2.05) is 48.8 Å². The van der Waals surface area contributed by atoms with E-state index in [9.17, 15) is 0 Å². The number of fused-ring (bicyclic) bond motifs is 1. The zero-order valence-electron chi connectivity index (χ0n) is 11.9. The third-order valence-electron chi connectivity index (χ3n) is 3.11. The predicted octanol–water partition coefficient (Wildman–Crippen LogP) is 3.87. The molecule has 1 aromatic carbocycles. The van der Waals surface area contributed by atoms with E-state index in [-0.39, 0.29) is 0 Å². The normalized spacial score (nSPS) is 10.8. The zero-order chi connectivity index (χ0) is 14.8. The molecule has 0 fully saturated rings. The van der Waals surface area contributed by atoms with Crippen LogP contribution < -0.4 is 10.6 Å². The molecule has 2 aromatic heterocycles. The summed E-state index contributed by atoms with van der Waals surface area (Å²) in [5, 5.41) is 7.13. The van der Waals surface area contributed by atoms with Gasteiger partial charge in [0.1, 0.15) is 5.82 Å². The number of hydrogen-bond donors (Lipinski definition) is 2. The molecule has 0 unspecified atom stereocenters. The van der Waals surface area contributed by atoms with Crippen molar-refractivity contribution in [1.82, 2.24) is 14.4 Å². The third kappa shape index (κ3) is 2.78. The molecule has 21 heavy (non-hydrogen) atoms. The van der Waals surface area contributed by atoms with Gasteiger partial charge in [-0.15, -0.1) is 0 Å². The number of aromatic nitrogens is 3. The van der Waals surface area contributed by atoms with Gasteiger partial charge in [-0.1, -0.05) is 17.7 Å². The van der Waals surface area contributed by atoms with E-state index in [1.54, 1.807) is 6.20 Å². The van der Waals surface area contributed by atoms with E-state index in [2.05, 4.69) is 20.6 Å². The second kappa shape index (κ2) is 5.61. The van der Waals surface area contributed by atoms with Crippen molar-refractivity contribution in [2.75, 3.05) is 17.2 Å². The minimum atomic E-state index is 0.662. The van der Waals surface area contributed by atoms with Crippen molar-refractivity contribution in [2.24, 2.45) is 0 Å². The largest absolute Gasteiger partial charge is 0.369 e. The molecule has 0 aliphatic rings. The Labute approximate surface area is 128 Å². The second-order valence-corrected chi connectivity index (χ2v) is 5.18. The molecule has 0 amide bonds. The maximum Gasteiger partial charge on any atom is 0.180 e. The number of anilines is 3. The van der Waals surface area contributed by atoms with Crippen molar-refractivity contribution < 1.29 is 0 Å². The summed E-state index contributed by atoms with van der Waals surface area (Å²) >= 11 is 6.27. The van der Waals surface area contributed by atoms with Gasteiger partial charge >= 0.3 is 0 Å². The molecule has 2 N–H and O–H groups in total. The molecule has 3 rings (SSSR count). The van der Waals surface area contributed by atoms with Gasteiger partial charge in [-0.3, -0.25) is 0 Å². The molecule has 0 atom stereocenters. The summed E-state index contributed by atoms with van der Waals surface area (Å²) in [5.74, 6) is 1.46. The Morgan fingerprint density at radius 1 is 1.33 bits per heavy atom. The predicted molar refractivity (Wildman–Crippen MR) is 86.6 cm³/mol. The van der Waals surface area contributed by atoms with E-state index in [1.165, 1.54) is 0 Å². The summed E-state index contributed by atoms with van der Waals surface area (Å²) in [5.41, 5.74) is 2.69. The molecule has 5 nitrogen and oxygen atoms in total. The van der Waals surface area contributed by atoms with E-state index in [0.29, 0.717) is 10.8 Å². The fourth-order valence-corrected chi connectivity index (χ4v) is 2.41. The highest BCUT2D eigenvalue weighted by Crippen LogP contribution is 2.27. The lowest BCUT2D eigenvalue weighted by Crippen LogP contribution is -2.05. The molecule has 0 aliphatic carbocycles. The number of aryl methyl sites for hydroxylation is 1. The SMILES string of the molecule is CCNc1cn2ccnc2c(Nc2ccc(C)cc2Cl)n1. The van der Waals surface area contributed by atoms with Crippen molar-refractivity contribution in [1.29, 1.82) is 0 Å². The Kier molecular flexibility index (Phi) is 3.66. The Morgan fingerprint density at radius 3 is 2.95 bits per heavy atom. The van der Waals surface area contributed by atoms with Gasteiger partial charge in [0, 0.05) is 18.9 Å². The average Bonchev–Trinajstić information content (AvgIpc) is 2.91. The highest BCUT2D eigenvalue weighted by Gasteiger charge is 2.09. The molecule has 6 heteroatoms. The van der Waals surface area contributed by atoms with Crippen LogP contribution in [-0.4, -0.2) is 20.9 Å². The Hall–Kier alpha value is -2.27. The highest BCUT2D eigenvalue weighted by molar-refractivity contribution is 6.33. The maximum atomic E-state index is 6.27. The quantitative estimate of drug-likeness (QED) is 0.768. The van der Waals surface area contributed by atoms with Gasteiger partial charge < -0.3 is 15.0 Å². The monoisotopic (exact) mass is 301 g/mol. The van der Waals surface area contributed by atoms with Gasteiger partial charge in [0.2, 0.25) is 0 Å². The number of nitrogens with one attached hydrogen (secondary N) is 2. The van der Waals surface area contributed by atoms with Gasteiger partial charge in [-0.2, -0.15) is 0 Å². The van der Waals surface area contributed by atoms with Crippen LogP contribution >= 0.6 is 11.6 Å². The zero-order valence-corrected chi connectivity index (χ0v) is 12.6. The Bertz CT molecular complexity index is 781. The smallest absolute Gasteiger partial charge is 0.180 e. The third-order valence-corrected chi connectivity index (χ3v) is 3.42. The molecule has 0 radical (unpaired) electrons. The molecule has 0 saturated heterocycles. The first-order valence-corrected chi connectivity index (χ1v) is 7.16. The number of nitrogens with zero attached hydrogens (tertiary/aromatic N) is 3. The number of hydrogen-bond acceptors (Lipinski definition) is 4. The number of halogens is 1. The van der Waals surface area contributed by atoms with Crippen LogP contribution in [0.3, 0.4) is 0 Å². The second-order valence-electron chi connectivity index (χ2n) is 4.77. The van der Waals surface area contributed by atoms with Crippen molar-refractivity contribution in [3.63, 3.8) is 0 Å². The lowest BCUT2D eigenvalue weighted by molar-refractivity contribution is 1.09. The van der Waals surface area contributed by atoms with Crippen molar-refractivity contribution in [3.05, 3.63) is 47.4 Å². The summed E-state index contributed by atoms with van der Waals surface area (Å²) in [4.78, 5) is 8.89. The van der Waals surface area contributed by atoms with Gasteiger partial charge in [-0.05, 0) is 31.5 Å². The first kappa shape index (κ1) is 13.7. The van der Waals surface area contributed by atoms with Crippen LogP contribution in [0, 0.1) is 6.92 Å². The van der Waals surface area contributed by atoms with Gasteiger partial charge in [0.05, 0.1) is 16.9 Å². The Morgan fingerprint density at radius 2 is 2.19 bits per heavy atom. The first-order chi connectivity index (χ1) is 10.2. The summed E-state index contributed by atoms with van der Waals surface area (Å²) in [6, 6.07) is 5.87. The molecule has 108 valence electrons. The van der Waals surface area contributed by atoms with Gasteiger partial charge in [0.25, 0.3) is 0 Å². The van der Waals surface area contributed by atoms with E-state index in [4.69, 9.17) is 11.6 Å². The van der Waals surface area contributed by atoms with E-state index < -0.39 is 0 Å². The van der Waals surface area contributed by atoms with Crippen molar-refractivity contribution in [2.45, 2.75) is 13.8 Å². The highest BCUT2D eigenvalue weighted by atomic mass is 35.5. The Balaban J connectivity index is 2.04. The summed E-state index contributed by atoms with van der Waals surface area (Å²) < 4.78 is 1.93. The number of imidazole rings is 1. The maximum absolute atomic E-state index is 6.27. The van der Waals surface area contributed by atoms with Crippen LogP contribution in [0.2, 0.25) is 5.02 Å². The van der Waals surface area contributed by atoms with E-state index in [0.717, 1.165) is 29.3 Å². The molecule has 0 spiro atoms. The summed E-state index contributed by atoms with van der Waals surface area (Å²) in [6.07, 6.45) is 5.54. The van der Waals surface area contributed by atoms with Crippen LogP contribution in [0.1, 0.15) is 12.5 Å². The summed E-state index contributed by atoms with van der Waals surface area (Å²) in [7, 11) is 0. The molecular formula is C15H16ClN5. The topological polar surface area (TPSA) is 54.2 Å². The standard InChI is InChI=1S/C15H16ClN5/c1-3-17-13-9-21-7-6-18-15(21)14(20-13)19-12-5-4-10(2)8-11(12)16/h4-9,17H,3H2,1-2H3,(H,19,20). The van der Waals surface area contributed by atoms with Gasteiger partial charge in [-0.25, -0.2) is 9.97 Å². The fourth-order valence-electron chi connectivity index (χ4n) is 2.13. The molecule has 0 aliphatic heterocycles. The summed E-state index contributed by atoms with van der Waals surface area (Å²) in [6.45, 7) is 4.84. The molecule has 0 bridgehead atoms. The van der Waals surface area contributed by atoms with Crippen LogP contribution in [0.25, 0.3) is 5.65 Å². The molecule has 3 aromatic rings. The number of rotatable bonds is 4. The van der Waals surface area contributed by atoms with Crippen molar-refractivity contribution in [3.8, 4) is 0 Å². The van der Waals surface area contributed by atoms with Crippen LogP contribution in [0.15, 0.2) is 36.8 Å². The van der Waals surface area contributed by atoms with Crippen LogP contribution in [0.5, 0.6) is 0 Å².